The summed E-state index contributed by atoms with van der Waals surface area (Å²) in [5.41, 5.74) is 9.68. The van der Waals surface area contributed by atoms with E-state index in [-0.39, 0.29) is 22.7 Å². The molecular weight excluding hydrogens is 527 g/mol. The number of hydrogen-bond acceptors (Lipinski definition) is 11. The molecule has 2 aromatic carbocycles. The molecule has 4 heterocycles. The van der Waals surface area contributed by atoms with Crippen molar-refractivity contribution >= 4 is 45.8 Å². The molecule has 2 aromatic heterocycles. The lowest BCUT2D eigenvalue weighted by Gasteiger charge is -2.62. The minimum atomic E-state index is -0.512. The predicted octanol–water partition coefficient (Wildman–Crippen LogP) is 5.08. The van der Waals surface area contributed by atoms with Crippen molar-refractivity contribution in [3.63, 3.8) is 0 Å². The average molecular weight is 555 g/mol. The number of amides is 1. The zero-order valence-electron chi connectivity index (χ0n) is 22.5. The number of anilines is 4. The Morgan fingerprint density at radius 2 is 2.02 bits per heavy atom. The monoisotopic (exact) mass is 554 g/mol. The Balaban J connectivity index is 1.23. The molecule has 0 bridgehead atoms. The number of hydrogen-bond donors (Lipinski definition) is 3. The fourth-order valence-corrected chi connectivity index (χ4v) is 5.22. The van der Waals surface area contributed by atoms with Gasteiger partial charge in [-0.3, -0.25) is 4.79 Å². The van der Waals surface area contributed by atoms with E-state index in [0.717, 1.165) is 13.0 Å². The molecule has 13 heteroatoms. The van der Waals surface area contributed by atoms with E-state index < -0.39 is 5.82 Å². The Bertz CT molecular complexity index is 1710. The fourth-order valence-electron chi connectivity index (χ4n) is 5.22. The summed E-state index contributed by atoms with van der Waals surface area (Å²) in [7, 11) is 1.74. The first-order chi connectivity index (χ1) is 19.9. The van der Waals surface area contributed by atoms with Crippen LogP contribution in [0.5, 0.6) is 11.5 Å². The van der Waals surface area contributed by atoms with Gasteiger partial charge in [-0.15, -0.1) is 0 Å². The molecule has 41 heavy (non-hydrogen) atoms. The second kappa shape index (κ2) is 10.1. The maximum Gasteiger partial charge on any atom is 0.246 e. The fraction of sp³-hybridized carbons (Fsp3) is 0.250. The maximum atomic E-state index is 15.5. The standard InChI is InChI=1S/C28H27FN10O2/c1-4-23(40)39-10-9-28(39)13-38(14-28)27-32-12-21-25(36-27)26(34-15-33-21)35-19-7-8-22(16(2)24(19)29)41-17-5-6-18(31-3)20(11-17)37-30/h4-8,11-12,15,30-31H,1,9-10,13-14H2,2-3H3,(H,33,34,35). The molecule has 2 aliphatic heterocycles. The summed E-state index contributed by atoms with van der Waals surface area (Å²) in [6.07, 6.45) is 5.24. The van der Waals surface area contributed by atoms with Crippen LogP contribution in [0, 0.1) is 18.3 Å². The highest BCUT2D eigenvalue weighted by atomic mass is 19.1. The highest BCUT2D eigenvalue weighted by Crippen LogP contribution is 2.41. The van der Waals surface area contributed by atoms with Crippen molar-refractivity contribution in [1.29, 1.82) is 5.53 Å². The van der Waals surface area contributed by atoms with Crippen LogP contribution in [0.15, 0.2) is 60.6 Å². The van der Waals surface area contributed by atoms with Crippen LogP contribution in [0.2, 0.25) is 0 Å². The van der Waals surface area contributed by atoms with Crippen LogP contribution in [-0.2, 0) is 4.79 Å². The van der Waals surface area contributed by atoms with Crippen molar-refractivity contribution in [2.45, 2.75) is 18.9 Å². The number of carbonyl (C=O) groups excluding carboxylic acids is 1. The summed E-state index contributed by atoms with van der Waals surface area (Å²) in [6, 6.07) is 8.28. The average Bonchev–Trinajstić information content (AvgIpc) is 2.95. The summed E-state index contributed by atoms with van der Waals surface area (Å²) in [5.74, 6) is 0.992. The first-order valence-electron chi connectivity index (χ1n) is 13.0. The summed E-state index contributed by atoms with van der Waals surface area (Å²) >= 11 is 0. The molecule has 0 aliphatic carbocycles. The Morgan fingerprint density at radius 3 is 2.73 bits per heavy atom. The molecule has 0 unspecified atom stereocenters. The molecule has 208 valence electrons. The van der Waals surface area contributed by atoms with E-state index >= 15 is 4.39 Å². The minimum absolute atomic E-state index is 0.0659. The molecule has 0 saturated carbocycles. The van der Waals surface area contributed by atoms with E-state index in [2.05, 4.69) is 37.3 Å². The lowest BCUT2D eigenvalue weighted by Crippen LogP contribution is -2.78. The Labute approximate surface area is 234 Å². The van der Waals surface area contributed by atoms with Gasteiger partial charge in [-0.2, -0.15) is 5.11 Å². The molecule has 2 fully saturated rings. The zero-order valence-corrected chi connectivity index (χ0v) is 22.5. The molecule has 12 nitrogen and oxygen atoms in total. The predicted molar refractivity (Wildman–Crippen MR) is 152 cm³/mol. The van der Waals surface area contributed by atoms with Crippen molar-refractivity contribution in [2.24, 2.45) is 5.11 Å². The topological polar surface area (TPSA) is 145 Å². The van der Waals surface area contributed by atoms with Crippen LogP contribution in [0.4, 0.5) is 33.2 Å². The molecule has 1 spiro atoms. The number of benzene rings is 2. The number of aromatic nitrogens is 4. The molecule has 4 aromatic rings. The van der Waals surface area contributed by atoms with Gasteiger partial charge < -0.3 is 25.2 Å². The van der Waals surface area contributed by atoms with Gasteiger partial charge in [0.1, 0.15) is 34.5 Å². The Hall–Kier alpha value is -5.20. The van der Waals surface area contributed by atoms with Crippen molar-refractivity contribution in [3.8, 4) is 11.5 Å². The van der Waals surface area contributed by atoms with Crippen LogP contribution in [0.3, 0.4) is 0 Å². The van der Waals surface area contributed by atoms with Crippen LogP contribution in [0.1, 0.15) is 12.0 Å². The molecule has 2 aliphatic rings. The van der Waals surface area contributed by atoms with Crippen LogP contribution in [-0.4, -0.2) is 63.0 Å². The zero-order chi connectivity index (χ0) is 28.7. The third-order valence-electron chi connectivity index (χ3n) is 7.61. The van der Waals surface area contributed by atoms with E-state index in [9.17, 15) is 4.79 Å². The molecule has 1 amide bonds. The number of fused-ring (bicyclic) bond motifs is 1. The first kappa shape index (κ1) is 26.0. The SMILES string of the molecule is C=CC(=O)N1CCC12CN(c1ncc3ncnc(Nc4ccc(Oc5ccc(NC)c(N=N)c5)c(C)c4F)c3n1)C2. The third kappa shape index (κ3) is 4.44. The highest BCUT2D eigenvalue weighted by Gasteiger charge is 2.55. The summed E-state index contributed by atoms with van der Waals surface area (Å²) in [6.45, 7) is 7.18. The molecule has 0 radical (unpaired) electrons. The number of nitrogens with zero attached hydrogens (tertiary/aromatic N) is 7. The second-order valence-corrected chi connectivity index (χ2v) is 9.97. The first-order valence-corrected chi connectivity index (χ1v) is 13.0. The smallest absolute Gasteiger partial charge is 0.246 e. The van der Waals surface area contributed by atoms with Gasteiger partial charge >= 0.3 is 0 Å². The maximum absolute atomic E-state index is 15.5. The van der Waals surface area contributed by atoms with Crippen LogP contribution < -0.4 is 20.3 Å². The normalized spacial score (nSPS) is 15.2. The van der Waals surface area contributed by atoms with Crippen LogP contribution in [0.25, 0.3) is 11.0 Å². The highest BCUT2D eigenvalue weighted by molar-refractivity contribution is 5.89. The van der Waals surface area contributed by atoms with Crippen LogP contribution >= 0.6 is 0 Å². The molecular formula is C28H27FN10O2. The van der Waals surface area contributed by atoms with Gasteiger partial charge in [0, 0.05) is 38.3 Å². The third-order valence-corrected chi connectivity index (χ3v) is 7.61. The van der Waals surface area contributed by atoms with E-state index in [1.54, 1.807) is 50.5 Å². The van der Waals surface area contributed by atoms with E-state index in [1.165, 1.54) is 12.4 Å². The minimum Gasteiger partial charge on any atom is -0.457 e. The number of ether oxygens (including phenoxy) is 1. The van der Waals surface area contributed by atoms with Crippen molar-refractivity contribution in [2.75, 3.05) is 42.2 Å². The summed E-state index contributed by atoms with van der Waals surface area (Å²) in [5, 5.41) is 9.51. The lowest BCUT2D eigenvalue weighted by atomic mass is 9.77. The number of rotatable bonds is 8. The van der Waals surface area contributed by atoms with Crippen molar-refractivity contribution in [1.82, 2.24) is 24.8 Å². The summed E-state index contributed by atoms with van der Waals surface area (Å²) < 4.78 is 21.4. The van der Waals surface area contributed by atoms with E-state index in [4.69, 9.17) is 15.3 Å². The number of nitrogens with one attached hydrogen (secondary N) is 3. The number of carbonyl (C=O) groups is 1. The van der Waals surface area contributed by atoms with Gasteiger partial charge in [0.25, 0.3) is 0 Å². The largest absolute Gasteiger partial charge is 0.457 e. The van der Waals surface area contributed by atoms with E-state index in [1.807, 2.05) is 9.80 Å². The van der Waals surface area contributed by atoms with Crippen molar-refractivity contribution < 1.29 is 13.9 Å². The molecule has 2 saturated heterocycles. The van der Waals surface area contributed by atoms with Gasteiger partial charge in [0.2, 0.25) is 11.9 Å². The molecule has 3 N–H and O–H groups in total. The quantitative estimate of drug-likeness (QED) is 0.200. The summed E-state index contributed by atoms with van der Waals surface area (Å²) in [4.78, 5) is 33.7. The van der Waals surface area contributed by atoms with Gasteiger partial charge in [-0.05, 0) is 43.7 Å². The number of likely N-dealkylation sites (tertiary alicyclic amines) is 1. The van der Waals surface area contributed by atoms with Gasteiger partial charge in [-0.1, -0.05) is 6.58 Å². The Kier molecular flexibility index (Phi) is 6.40. The lowest BCUT2D eigenvalue weighted by molar-refractivity contribution is -0.144. The van der Waals surface area contributed by atoms with E-state index in [0.29, 0.717) is 58.8 Å². The van der Waals surface area contributed by atoms with Gasteiger partial charge in [-0.25, -0.2) is 29.9 Å². The second-order valence-electron chi connectivity index (χ2n) is 9.97. The van der Waals surface area contributed by atoms with Gasteiger partial charge in [0.05, 0.1) is 23.1 Å². The van der Waals surface area contributed by atoms with Gasteiger partial charge in [0.15, 0.2) is 11.6 Å². The molecule has 6 rings (SSSR count). The Morgan fingerprint density at radius 1 is 1.22 bits per heavy atom. The number of halogens is 1. The van der Waals surface area contributed by atoms with Crippen molar-refractivity contribution in [3.05, 3.63) is 66.9 Å². The molecule has 0 atom stereocenters.